The van der Waals surface area contributed by atoms with Gasteiger partial charge in [0.1, 0.15) is 23.3 Å². The molecule has 5 heteroatoms. The summed E-state index contributed by atoms with van der Waals surface area (Å²) in [6.07, 6.45) is 2.95. The minimum Gasteiger partial charge on any atom is -0.497 e. The Morgan fingerprint density at radius 1 is 1.22 bits per heavy atom. The van der Waals surface area contributed by atoms with Crippen LogP contribution in [0.25, 0.3) is 0 Å². The summed E-state index contributed by atoms with van der Waals surface area (Å²) in [5.41, 5.74) is 3.70. The van der Waals surface area contributed by atoms with Gasteiger partial charge in [0.25, 0.3) is 0 Å². The van der Waals surface area contributed by atoms with Crippen LogP contribution in [0.2, 0.25) is 0 Å². The first-order valence-corrected chi connectivity index (χ1v) is 5.80. The zero-order valence-corrected chi connectivity index (χ0v) is 10.6. The monoisotopic (exact) mass is 250 g/mol. The van der Waals surface area contributed by atoms with Crippen LogP contribution in [-0.2, 0) is 4.74 Å². The number of nitrogens with one attached hydrogen (secondary N) is 1. The average Bonchev–Trinajstić information content (AvgIpc) is 2.93. The molecule has 0 aromatic heterocycles. The minimum atomic E-state index is -0.184. The molecule has 3 N–H and O–H groups in total. The first-order valence-electron chi connectivity index (χ1n) is 5.80. The Labute approximate surface area is 106 Å². The summed E-state index contributed by atoms with van der Waals surface area (Å²) >= 11 is 0. The summed E-state index contributed by atoms with van der Waals surface area (Å²) in [5.74, 6) is 7.91. The number of hydrogen-bond acceptors (Lipinski definition) is 5. The van der Waals surface area contributed by atoms with E-state index in [1.165, 1.54) is 0 Å². The van der Waals surface area contributed by atoms with Gasteiger partial charge in [-0.1, -0.05) is 0 Å². The number of rotatable bonds is 5. The Bertz CT molecular complexity index is 424. The lowest BCUT2D eigenvalue weighted by molar-refractivity contribution is 0.215. The summed E-state index contributed by atoms with van der Waals surface area (Å²) < 4.78 is 16.0. The molecule has 5 nitrogen and oxygen atoms in total. The van der Waals surface area contributed by atoms with E-state index in [-0.39, 0.29) is 6.04 Å². The van der Waals surface area contributed by atoms with Crippen LogP contribution in [0.5, 0.6) is 11.5 Å². The molecule has 0 aliphatic carbocycles. The SMILES string of the molecule is COc1cc(OC)cc(C(NN)C2=CCCO2)c1. The molecule has 1 heterocycles. The van der Waals surface area contributed by atoms with Crippen LogP contribution >= 0.6 is 0 Å². The van der Waals surface area contributed by atoms with Crippen molar-refractivity contribution >= 4 is 0 Å². The van der Waals surface area contributed by atoms with Gasteiger partial charge in [-0.2, -0.15) is 0 Å². The van der Waals surface area contributed by atoms with Crippen molar-refractivity contribution < 1.29 is 14.2 Å². The molecule has 1 atom stereocenters. The third-order valence-electron chi connectivity index (χ3n) is 2.89. The molecule has 1 aromatic carbocycles. The maximum Gasteiger partial charge on any atom is 0.122 e. The van der Waals surface area contributed by atoms with E-state index in [1.807, 2.05) is 24.3 Å². The van der Waals surface area contributed by atoms with E-state index in [1.54, 1.807) is 14.2 Å². The second-order valence-corrected chi connectivity index (χ2v) is 3.99. The molecule has 0 saturated heterocycles. The quantitative estimate of drug-likeness (QED) is 0.612. The van der Waals surface area contributed by atoms with Crippen molar-refractivity contribution in [2.75, 3.05) is 20.8 Å². The molecular weight excluding hydrogens is 232 g/mol. The topological polar surface area (TPSA) is 65.7 Å². The predicted octanol–water partition coefficient (Wildman–Crippen LogP) is 1.51. The minimum absolute atomic E-state index is 0.184. The number of hydrogen-bond donors (Lipinski definition) is 2. The van der Waals surface area contributed by atoms with E-state index in [9.17, 15) is 0 Å². The highest BCUT2D eigenvalue weighted by Crippen LogP contribution is 2.31. The third kappa shape index (κ3) is 2.57. The summed E-state index contributed by atoms with van der Waals surface area (Å²) in [7, 11) is 3.24. The number of hydrazine groups is 1. The second kappa shape index (κ2) is 5.75. The number of nitrogens with two attached hydrogens (primary N) is 1. The van der Waals surface area contributed by atoms with E-state index in [0.717, 1.165) is 29.2 Å². The van der Waals surface area contributed by atoms with Gasteiger partial charge >= 0.3 is 0 Å². The Kier molecular flexibility index (Phi) is 4.07. The highest BCUT2D eigenvalue weighted by Gasteiger charge is 2.20. The van der Waals surface area contributed by atoms with Crippen molar-refractivity contribution in [3.63, 3.8) is 0 Å². The smallest absolute Gasteiger partial charge is 0.122 e. The first kappa shape index (κ1) is 12.7. The van der Waals surface area contributed by atoms with Gasteiger partial charge in [0, 0.05) is 12.5 Å². The van der Waals surface area contributed by atoms with Gasteiger partial charge < -0.3 is 14.2 Å². The van der Waals surface area contributed by atoms with Crippen LogP contribution < -0.4 is 20.7 Å². The van der Waals surface area contributed by atoms with Crippen molar-refractivity contribution in [2.24, 2.45) is 5.84 Å². The first-order chi connectivity index (χ1) is 8.78. The van der Waals surface area contributed by atoms with Crippen LogP contribution in [0.3, 0.4) is 0 Å². The van der Waals surface area contributed by atoms with Gasteiger partial charge in [-0.25, -0.2) is 5.43 Å². The molecule has 2 rings (SSSR count). The summed E-state index contributed by atoms with van der Waals surface area (Å²) in [4.78, 5) is 0. The van der Waals surface area contributed by atoms with E-state index in [2.05, 4.69) is 5.43 Å². The van der Waals surface area contributed by atoms with Crippen LogP contribution in [0.1, 0.15) is 18.0 Å². The average molecular weight is 250 g/mol. The molecule has 1 unspecified atom stereocenters. The normalized spacial score (nSPS) is 15.8. The molecule has 0 saturated carbocycles. The standard InChI is InChI=1S/C13H18N2O3/c1-16-10-6-9(7-11(8-10)17-2)13(15-14)12-4-3-5-18-12/h4,6-8,13,15H,3,5,14H2,1-2H3. The van der Waals surface area contributed by atoms with Gasteiger partial charge in [-0.15, -0.1) is 0 Å². The molecule has 18 heavy (non-hydrogen) atoms. The van der Waals surface area contributed by atoms with Gasteiger partial charge in [0.05, 0.1) is 20.8 Å². The maximum absolute atomic E-state index is 5.62. The predicted molar refractivity (Wildman–Crippen MR) is 68.3 cm³/mol. The van der Waals surface area contributed by atoms with Gasteiger partial charge in [-0.05, 0) is 23.8 Å². The summed E-state index contributed by atoms with van der Waals surface area (Å²) in [6, 6.07) is 5.46. The zero-order valence-electron chi connectivity index (χ0n) is 10.6. The lowest BCUT2D eigenvalue weighted by Crippen LogP contribution is -2.29. The molecule has 1 aromatic rings. The molecule has 0 radical (unpaired) electrons. The molecular formula is C13H18N2O3. The lowest BCUT2D eigenvalue weighted by atomic mass is 10.0. The fourth-order valence-corrected chi connectivity index (χ4v) is 1.98. The molecule has 0 bridgehead atoms. The summed E-state index contributed by atoms with van der Waals surface area (Å²) in [6.45, 7) is 0.703. The number of benzene rings is 1. The van der Waals surface area contributed by atoms with Gasteiger partial charge in [0.15, 0.2) is 0 Å². The van der Waals surface area contributed by atoms with E-state index in [0.29, 0.717) is 6.61 Å². The van der Waals surface area contributed by atoms with Crippen molar-refractivity contribution in [3.8, 4) is 11.5 Å². The molecule has 0 spiro atoms. The van der Waals surface area contributed by atoms with Crippen molar-refractivity contribution in [1.82, 2.24) is 5.43 Å². The van der Waals surface area contributed by atoms with Gasteiger partial charge in [0.2, 0.25) is 0 Å². The molecule has 1 aliphatic heterocycles. The van der Waals surface area contributed by atoms with Crippen molar-refractivity contribution in [3.05, 3.63) is 35.6 Å². The largest absolute Gasteiger partial charge is 0.497 e. The maximum atomic E-state index is 5.62. The highest BCUT2D eigenvalue weighted by molar-refractivity contribution is 5.41. The van der Waals surface area contributed by atoms with Crippen LogP contribution in [0.15, 0.2) is 30.0 Å². The van der Waals surface area contributed by atoms with E-state index < -0.39 is 0 Å². The highest BCUT2D eigenvalue weighted by atomic mass is 16.5. The zero-order chi connectivity index (χ0) is 13.0. The Morgan fingerprint density at radius 3 is 2.33 bits per heavy atom. The molecule has 1 aliphatic rings. The number of ether oxygens (including phenoxy) is 3. The third-order valence-corrected chi connectivity index (χ3v) is 2.89. The van der Waals surface area contributed by atoms with Crippen molar-refractivity contribution in [2.45, 2.75) is 12.5 Å². The van der Waals surface area contributed by atoms with E-state index >= 15 is 0 Å². The molecule has 0 amide bonds. The Hall–Kier alpha value is -1.72. The van der Waals surface area contributed by atoms with Crippen LogP contribution in [0.4, 0.5) is 0 Å². The Morgan fingerprint density at radius 2 is 1.89 bits per heavy atom. The van der Waals surface area contributed by atoms with Crippen LogP contribution in [0, 0.1) is 0 Å². The fraction of sp³-hybridized carbons (Fsp3) is 0.385. The van der Waals surface area contributed by atoms with Crippen LogP contribution in [-0.4, -0.2) is 20.8 Å². The lowest BCUT2D eigenvalue weighted by Gasteiger charge is -2.19. The molecule has 0 fully saturated rings. The van der Waals surface area contributed by atoms with E-state index in [4.69, 9.17) is 20.1 Å². The van der Waals surface area contributed by atoms with Gasteiger partial charge in [-0.3, -0.25) is 5.84 Å². The Balaban J connectivity index is 2.34. The van der Waals surface area contributed by atoms with Crippen molar-refractivity contribution in [1.29, 1.82) is 0 Å². The second-order valence-electron chi connectivity index (χ2n) is 3.99. The summed E-state index contributed by atoms with van der Waals surface area (Å²) in [5, 5.41) is 0. The fourth-order valence-electron chi connectivity index (χ4n) is 1.98. The number of methoxy groups -OCH3 is 2. The molecule has 98 valence electrons.